The second-order valence-electron chi connectivity index (χ2n) is 4.01. The molecule has 6 nitrogen and oxygen atoms in total. The van der Waals surface area contributed by atoms with E-state index in [1.165, 1.54) is 26.0 Å². The summed E-state index contributed by atoms with van der Waals surface area (Å²) in [6.07, 6.45) is 1.84. The van der Waals surface area contributed by atoms with E-state index in [1.54, 1.807) is 18.2 Å². The molecule has 7 heteroatoms. The number of thioether (sulfide) groups is 1. The van der Waals surface area contributed by atoms with Crippen LogP contribution in [0.5, 0.6) is 0 Å². The van der Waals surface area contributed by atoms with Gasteiger partial charge in [0, 0.05) is 4.90 Å². The summed E-state index contributed by atoms with van der Waals surface area (Å²) in [6, 6.07) is 6.98. The molecule has 0 N–H and O–H groups in total. The molecule has 1 aromatic carbocycles. The van der Waals surface area contributed by atoms with E-state index in [-0.39, 0.29) is 13.1 Å². The maximum absolute atomic E-state index is 12.5. The molecule has 0 aliphatic carbocycles. The predicted octanol–water partition coefficient (Wildman–Crippen LogP) is 1.20. The Balaban J connectivity index is 3.03. The van der Waals surface area contributed by atoms with Gasteiger partial charge in [-0.1, -0.05) is 12.1 Å². The van der Waals surface area contributed by atoms with Crippen LogP contribution in [0.4, 0.5) is 0 Å². The van der Waals surface area contributed by atoms with Crippen molar-refractivity contribution < 1.29 is 23.9 Å². The van der Waals surface area contributed by atoms with Gasteiger partial charge in [-0.25, -0.2) is 0 Å². The third kappa shape index (κ3) is 4.78. The fraction of sp³-hybridized carbons (Fsp3) is 0.357. The number of carbonyl (C=O) groups is 3. The highest BCUT2D eigenvalue weighted by Crippen LogP contribution is 2.21. The van der Waals surface area contributed by atoms with Gasteiger partial charge in [-0.15, -0.1) is 11.8 Å². The van der Waals surface area contributed by atoms with Gasteiger partial charge in [-0.3, -0.25) is 14.4 Å². The third-order valence-corrected chi connectivity index (χ3v) is 3.52. The SMILES string of the molecule is COC(=O)CN(CC(=O)OC)C(=O)c1ccccc1SC. The minimum atomic E-state index is -0.603. The van der Waals surface area contributed by atoms with Crippen LogP contribution in [0.15, 0.2) is 29.2 Å². The molecular formula is C14H17NO5S. The summed E-state index contributed by atoms with van der Waals surface area (Å²) in [5.74, 6) is -1.63. The van der Waals surface area contributed by atoms with Crippen LogP contribution in [-0.4, -0.2) is 56.3 Å². The van der Waals surface area contributed by atoms with Crippen molar-refractivity contribution in [3.63, 3.8) is 0 Å². The van der Waals surface area contributed by atoms with Crippen LogP contribution in [0, 0.1) is 0 Å². The van der Waals surface area contributed by atoms with E-state index in [4.69, 9.17) is 0 Å². The van der Waals surface area contributed by atoms with E-state index >= 15 is 0 Å². The minimum absolute atomic E-state index is 0.312. The predicted molar refractivity (Wildman–Crippen MR) is 78.2 cm³/mol. The molecular weight excluding hydrogens is 294 g/mol. The summed E-state index contributed by atoms with van der Waals surface area (Å²) in [5.41, 5.74) is 0.429. The molecule has 1 rings (SSSR count). The van der Waals surface area contributed by atoms with Gasteiger partial charge in [0.15, 0.2) is 0 Å². The Kier molecular flexibility index (Phi) is 6.74. The van der Waals surface area contributed by atoms with Gasteiger partial charge in [0.1, 0.15) is 13.1 Å². The Morgan fingerprint density at radius 2 is 1.57 bits per heavy atom. The zero-order valence-corrected chi connectivity index (χ0v) is 12.9. The number of esters is 2. The maximum atomic E-state index is 12.5. The van der Waals surface area contributed by atoms with Crippen LogP contribution in [0.25, 0.3) is 0 Å². The molecule has 0 bridgehead atoms. The second kappa shape index (κ2) is 8.31. The van der Waals surface area contributed by atoms with E-state index in [0.717, 1.165) is 9.80 Å². The average Bonchev–Trinajstić information content (AvgIpc) is 2.52. The van der Waals surface area contributed by atoms with Crippen LogP contribution in [-0.2, 0) is 19.1 Å². The Bertz CT molecular complexity index is 514. The second-order valence-corrected chi connectivity index (χ2v) is 4.86. The van der Waals surface area contributed by atoms with E-state index < -0.39 is 17.8 Å². The highest BCUT2D eigenvalue weighted by atomic mass is 32.2. The van der Waals surface area contributed by atoms with Crippen molar-refractivity contribution in [3.05, 3.63) is 29.8 Å². The molecule has 0 unspecified atom stereocenters. The number of amides is 1. The molecule has 0 aliphatic rings. The first-order valence-corrected chi connectivity index (χ1v) is 7.31. The summed E-state index contributed by atoms with van der Waals surface area (Å²) in [4.78, 5) is 37.2. The molecule has 0 aliphatic heterocycles. The van der Waals surface area contributed by atoms with Gasteiger partial charge in [0.25, 0.3) is 5.91 Å². The first-order chi connectivity index (χ1) is 10.0. The normalized spacial score (nSPS) is 9.86. The van der Waals surface area contributed by atoms with Crippen molar-refractivity contribution in [1.29, 1.82) is 0 Å². The number of carbonyl (C=O) groups excluding carboxylic acids is 3. The smallest absolute Gasteiger partial charge is 0.325 e. The van der Waals surface area contributed by atoms with Gasteiger partial charge < -0.3 is 14.4 Å². The number of rotatable bonds is 6. The van der Waals surface area contributed by atoms with Crippen LogP contribution >= 0.6 is 11.8 Å². The van der Waals surface area contributed by atoms with Crippen molar-refractivity contribution in [1.82, 2.24) is 4.90 Å². The first kappa shape index (κ1) is 17.0. The molecule has 0 fully saturated rings. The Labute approximate surface area is 127 Å². The van der Waals surface area contributed by atoms with Crippen LogP contribution < -0.4 is 0 Å². The summed E-state index contributed by atoms with van der Waals surface area (Å²) >= 11 is 1.41. The molecule has 0 radical (unpaired) electrons. The van der Waals surface area contributed by atoms with Crippen molar-refractivity contribution in [3.8, 4) is 0 Å². The van der Waals surface area contributed by atoms with E-state index in [0.29, 0.717) is 5.56 Å². The Hall–Kier alpha value is -2.02. The molecule has 0 heterocycles. The van der Waals surface area contributed by atoms with Crippen LogP contribution in [0.2, 0.25) is 0 Å². The molecule has 0 aromatic heterocycles. The number of methoxy groups -OCH3 is 2. The summed E-state index contributed by atoms with van der Waals surface area (Å²) in [7, 11) is 2.44. The van der Waals surface area contributed by atoms with Gasteiger partial charge in [-0.2, -0.15) is 0 Å². The zero-order chi connectivity index (χ0) is 15.8. The molecule has 1 aromatic rings. The monoisotopic (exact) mass is 311 g/mol. The fourth-order valence-corrected chi connectivity index (χ4v) is 2.22. The lowest BCUT2D eigenvalue weighted by Crippen LogP contribution is -2.40. The molecule has 0 saturated carbocycles. The van der Waals surface area contributed by atoms with Gasteiger partial charge >= 0.3 is 11.9 Å². The van der Waals surface area contributed by atoms with Gasteiger partial charge in [-0.05, 0) is 18.4 Å². The summed E-state index contributed by atoms with van der Waals surface area (Å²) < 4.78 is 9.10. The lowest BCUT2D eigenvalue weighted by Gasteiger charge is -2.21. The summed E-state index contributed by atoms with van der Waals surface area (Å²) in [6.45, 7) is -0.625. The quantitative estimate of drug-likeness (QED) is 0.580. The standard InChI is InChI=1S/C14H17NO5S/c1-19-12(16)8-15(9-13(17)20-2)14(18)10-6-4-5-7-11(10)21-3/h4-7H,8-9H2,1-3H3. The fourth-order valence-electron chi connectivity index (χ4n) is 1.63. The number of hydrogen-bond donors (Lipinski definition) is 0. The average molecular weight is 311 g/mol. The molecule has 0 saturated heterocycles. The number of benzene rings is 1. The molecule has 0 spiro atoms. The molecule has 1 amide bonds. The summed E-state index contributed by atoms with van der Waals surface area (Å²) in [5, 5.41) is 0. The largest absolute Gasteiger partial charge is 0.468 e. The maximum Gasteiger partial charge on any atom is 0.325 e. The number of hydrogen-bond acceptors (Lipinski definition) is 6. The molecule has 114 valence electrons. The topological polar surface area (TPSA) is 72.9 Å². The van der Waals surface area contributed by atoms with Crippen molar-refractivity contribution >= 4 is 29.6 Å². The third-order valence-electron chi connectivity index (χ3n) is 2.72. The first-order valence-electron chi connectivity index (χ1n) is 6.09. The van der Waals surface area contributed by atoms with E-state index in [2.05, 4.69) is 9.47 Å². The van der Waals surface area contributed by atoms with Gasteiger partial charge in [0.2, 0.25) is 0 Å². The molecule has 0 atom stereocenters. The van der Waals surface area contributed by atoms with Crippen molar-refractivity contribution in [2.75, 3.05) is 33.6 Å². The van der Waals surface area contributed by atoms with E-state index in [9.17, 15) is 14.4 Å². The van der Waals surface area contributed by atoms with Crippen molar-refractivity contribution in [2.24, 2.45) is 0 Å². The van der Waals surface area contributed by atoms with E-state index in [1.807, 2.05) is 12.3 Å². The van der Waals surface area contributed by atoms with Gasteiger partial charge in [0.05, 0.1) is 19.8 Å². The van der Waals surface area contributed by atoms with Crippen LogP contribution in [0.1, 0.15) is 10.4 Å². The highest BCUT2D eigenvalue weighted by Gasteiger charge is 2.23. The Morgan fingerprint density at radius 1 is 1.05 bits per heavy atom. The molecule has 21 heavy (non-hydrogen) atoms. The Morgan fingerprint density at radius 3 is 2.05 bits per heavy atom. The highest BCUT2D eigenvalue weighted by molar-refractivity contribution is 7.98. The number of ether oxygens (including phenoxy) is 2. The van der Waals surface area contributed by atoms with Crippen molar-refractivity contribution in [2.45, 2.75) is 4.90 Å². The lowest BCUT2D eigenvalue weighted by atomic mass is 10.2. The number of nitrogens with zero attached hydrogens (tertiary/aromatic N) is 1. The minimum Gasteiger partial charge on any atom is -0.468 e. The lowest BCUT2D eigenvalue weighted by molar-refractivity contribution is -0.144. The zero-order valence-electron chi connectivity index (χ0n) is 12.1. The van der Waals surface area contributed by atoms with Crippen LogP contribution in [0.3, 0.4) is 0 Å².